The Morgan fingerprint density at radius 1 is 1.08 bits per heavy atom. The van der Waals surface area contributed by atoms with Crippen LogP contribution in [0, 0.1) is 11.8 Å². The number of fused-ring (bicyclic) bond motifs is 1. The van der Waals surface area contributed by atoms with Crippen LogP contribution in [0.15, 0.2) is 0 Å². The van der Waals surface area contributed by atoms with Crippen LogP contribution < -0.4 is 0 Å². The van der Waals surface area contributed by atoms with Gasteiger partial charge in [0.05, 0.1) is 12.5 Å². The molecule has 2 nitrogen and oxygen atoms in total. The van der Waals surface area contributed by atoms with Gasteiger partial charge in [-0.25, -0.2) is 0 Å². The van der Waals surface area contributed by atoms with E-state index in [1.165, 1.54) is 25.7 Å². The van der Waals surface area contributed by atoms with Gasteiger partial charge in [-0.15, -0.1) is 0 Å². The largest absolute Gasteiger partial charge is 0.465 e. The molecule has 2 unspecified atom stereocenters. The van der Waals surface area contributed by atoms with Crippen LogP contribution in [0.2, 0.25) is 0 Å². The molecule has 0 N–H and O–H groups in total. The number of carbonyl (C=O) groups is 1. The smallest absolute Gasteiger partial charge is 0.309 e. The number of rotatable bonds is 0. The molecule has 0 radical (unpaired) electrons. The summed E-state index contributed by atoms with van der Waals surface area (Å²) in [4.78, 5) is 11.4. The molecule has 1 aliphatic carbocycles. The van der Waals surface area contributed by atoms with E-state index >= 15 is 0 Å². The van der Waals surface area contributed by atoms with Crippen molar-refractivity contribution in [3.05, 3.63) is 0 Å². The molecule has 12 heavy (non-hydrogen) atoms. The first kappa shape index (κ1) is 8.09. The van der Waals surface area contributed by atoms with E-state index < -0.39 is 0 Å². The normalized spacial score (nSPS) is 36.5. The minimum atomic E-state index is 0.0807. The summed E-state index contributed by atoms with van der Waals surface area (Å²) < 4.78 is 5.13. The third-order valence-electron chi connectivity index (χ3n) is 3.18. The summed E-state index contributed by atoms with van der Waals surface area (Å²) in [6, 6.07) is 0. The SMILES string of the molecule is O=C1OCCCC2CCCCC12. The molecule has 1 aliphatic heterocycles. The van der Waals surface area contributed by atoms with Crippen molar-refractivity contribution >= 4 is 5.97 Å². The minimum absolute atomic E-state index is 0.0807. The van der Waals surface area contributed by atoms with E-state index in [1.807, 2.05) is 0 Å². The van der Waals surface area contributed by atoms with E-state index in [0.29, 0.717) is 12.5 Å². The molecule has 1 heterocycles. The van der Waals surface area contributed by atoms with Gasteiger partial charge in [-0.2, -0.15) is 0 Å². The Hall–Kier alpha value is -0.530. The highest BCUT2D eigenvalue weighted by atomic mass is 16.5. The zero-order chi connectivity index (χ0) is 8.39. The quantitative estimate of drug-likeness (QED) is 0.518. The van der Waals surface area contributed by atoms with Gasteiger partial charge < -0.3 is 4.74 Å². The number of hydrogen-bond donors (Lipinski definition) is 0. The Morgan fingerprint density at radius 3 is 2.75 bits per heavy atom. The van der Waals surface area contributed by atoms with Crippen LogP contribution in [0.3, 0.4) is 0 Å². The van der Waals surface area contributed by atoms with Crippen molar-refractivity contribution in [3.8, 4) is 0 Å². The van der Waals surface area contributed by atoms with Crippen LogP contribution in [0.1, 0.15) is 38.5 Å². The Balaban J connectivity index is 2.06. The molecule has 0 aromatic rings. The zero-order valence-electron chi connectivity index (χ0n) is 7.42. The van der Waals surface area contributed by atoms with Crippen molar-refractivity contribution < 1.29 is 9.53 Å². The van der Waals surface area contributed by atoms with Gasteiger partial charge in [-0.1, -0.05) is 12.8 Å². The molecule has 2 rings (SSSR count). The number of cyclic esters (lactones) is 1. The summed E-state index contributed by atoms with van der Waals surface area (Å²) in [5, 5.41) is 0. The second kappa shape index (κ2) is 3.46. The summed E-state index contributed by atoms with van der Waals surface area (Å²) >= 11 is 0. The van der Waals surface area contributed by atoms with Crippen molar-refractivity contribution in [2.45, 2.75) is 38.5 Å². The highest BCUT2D eigenvalue weighted by molar-refractivity contribution is 5.73. The number of hydrogen-bond acceptors (Lipinski definition) is 2. The molecular formula is C10H16O2. The van der Waals surface area contributed by atoms with Gasteiger partial charge in [-0.05, 0) is 31.6 Å². The van der Waals surface area contributed by atoms with Gasteiger partial charge in [0, 0.05) is 0 Å². The van der Waals surface area contributed by atoms with Crippen LogP contribution in [0.25, 0.3) is 0 Å². The first-order valence-corrected chi connectivity index (χ1v) is 5.04. The van der Waals surface area contributed by atoms with Crippen LogP contribution >= 0.6 is 0 Å². The predicted octanol–water partition coefficient (Wildman–Crippen LogP) is 2.13. The average Bonchev–Trinajstić information content (AvgIpc) is 2.29. The standard InChI is InChI=1S/C10H16O2/c11-10-9-6-2-1-4-8(9)5-3-7-12-10/h8-9H,1-7H2. The molecule has 0 aromatic heterocycles. The number of carbonyl (C=O) groups excluding carboxylic acids is 1. The van der Waals surface area contributed by atoms with Crippen LogP contribution in [0.4, 0.5) is 0 Å². The second-order valence-electron chi connectivity index (χ2n) is 3.96. The first-order chi connectivity index (χ1) is 5.88. The number of esters is 1. The van der Waals surface area contributed by atoms with E-state index in [0.717, 1.165) is 12.8 Å². The summed E-state index contributed by atoms with van der Waals surface area (Å²) in [5.41, 5.74) is 0. The lowest BCUT2D eigenvalue weighted by Gasteiger charge is -2.26. The lowest BCUT2D eigenvalue weighted by atomic mass is 9.77. The molecule has 2 aliphatic rings. The van der Waals surface area contributed by atoms with Gasteiger partial charge in [0.25, 0.3) is 0 Å². The molecule has 1 saturated carbocycles. The molecule has 2 fully saturated rings. The van der Waals surface area contributed by atoms with Crippen molar-refractivity contribution in [1.82, 2.24) is 0 Å². The molecular weight excluding hydrogens is 152 g/mol. The minimum Gasteiger partial charge on any atom is -0.465 e. The summed E-state index contributed by atoms with van der Waals surface area (Å²) in [6.45, 7) is 0.659. The Labute approximate surface area is 73.3 Å². The lowest BCUT2D eigenvalue weighted by Crippen LogP contribution is -2.26. The number of ether oxygens (including phenoxy) is 1. The Kier molecular flexibility index (Phi) is 2.33. The average molecular weight is 168 g/mol. The summed E-state index contributed by atoms with van der Waals surface area (Å²) in [6.07, 6.45) is 7.14. The highest BCUT2D eigenvalue weighted by Gasteiger charge is 2.33. The zero-order valence-corrected chi connectivity index (χ0v) is 7.42. The van der Waals surface area contributed by atoms with Gasteiger partial charge in [0.1, 0.15) is 0 Å². The van der Waals surface area contributed by atoms with E-state index in [-0.39, 0.29) is 11.9 Å². The van der Waals surface area contributed by atoms with Gasteiger partial charge in [0.2, 0.25) is 0 Å². The third kappa shape index (κ3) is 1.47. The molecule has 1 saturated heterocycles. The van der Waals surface area contributed by atoms with E-state index in [9.17, 15) is 4.79 Å². The van der Waals surface area contributed by atoms with E-state index in [4.69, 9.17) is 4.74 Å². The van der Waals surface area contributed by atoms with E-state index in [2.05, 4.69) is 0 Å². The fourth-order valence-corrected chi connectivity index (χ4v) is 2.49. The van der Waals surface area contributed by atoms with Crippen molar-refractivity contribution in [1.29, 1.82) is 0 Å². The van der Waals surface area contributed by atoms with Crippen LogP contribution in [0.5, 0.6) is 0 Å². The molecule has 0 aromatic carbocycles. The molecule has 0 bridgehead atoms. The maximum atomic E-state index is 11.4. The maximum absolute atomic E-state index is 11.4. The summed E-state index contributed by atoms with van der Waals surface area (Å²) in [5.74, 6) is 0.979. The van der Waals surface area contributed by atoms with Gasteiger partial charge >= 0.3 is 5.97 Å². The molecule has 68 valence electrons. The maximum Gasteiger partial charge on any atom is 0.309 e. The Bertz CT molecular complexity index is 177. The van der Waals surface area contributed by atoms with Gasteiger partial charge in [0.15, 0.2) is 0 Å². The topological polar surface area (TPSA) is 26.3 Å². The lowest BCUT2D eigenvalue weighted by molar-refractivity contribution is -0.149. The monoisotopic (exact) mass is 168 g/mol. The Morgan fingerprint density at radius 2 is 1.83 bits per heavy atom. The summed E-state index contributed by atoms with van der Waals surface area (Å²) in [7, 11) is 0. The van der Waals surface area contributed by atoms with Crippen molar-refractivity contribution in [3.63, 3.8) is 0 Å². The van der Waals surface area contributed by atoms with Crippen molar-refractivity contribution in [2.75, 3.05) is 6.61 Å². The molecule has 0 spiro atoms. The first-order valence-electron chi connectivity index (χ1n) is 5.04. The van der Waals surface area contributed by atoms with E-state index in [1.54, 1.807) is 0 Å². The molecule has 2 atom stereocenters. The highest BCUT2D eigenvalue weighted by Crippen LogP contribution is 2.35. The fourth-order valence-electron chi connectivity index (χ4n) is 2.49. The second-order valence-corrected chi connectivity index (χ2v) is 3.96. The van der Waals surface area contributed by atoms with Crippen LogP contribution in [-0.4, -0.2) is 12.6 Å². The van der Waals surface area contributed by atoms with Crippen LogP contribution in [-0.2, 0) is 9.53 Å². The third-order valence-corrected chi connectivity index (χ3v) is 3.18. The van der Waals surface area contributed by atoms with Crippen molar-refractivity contribution in [2.24, 2.45) is 11.8 Å². The fraction of sp³-hybridized carbons (Fsp3) is 0.900. The molecule has 2 heteroatoms. The predicted molar refractivity (Wildman–Crippen MR) is 45.6 cm³/mol. The van der Waals surface area contributed by atoms with Gasteiger partial charge in [-0.3, -0.25) is 4.79 Å². The molecule has 0 amide bonds.